The van der Waals surface area contributed by atoms with Crippen molar-refractivity contribution in [3.05, 3.63) is 59.7 Å². The Balaban J connectivity index is 1.87. The molecule has 2 aromatic rings. The lowest BCUT2D eigenvalue weighted by Gasteiger charge is -2.18. The van der Waals surface area contributed by atoms with Crippen molar-refractivity contribution < 1.29 is 23.8 Å². The second-order valence-electron chi connectivity index (χ2n) is 7.26. The number of ether oxygens (including phenoxy) is 3. The van der Waals surface area contributed by atoms with E-state index in [2.05, 4.69) is 5.32 Å². The highest BCUT2D eigenvalue weighted by atomic mass is 16.5. The zero-order valence-corrected chi connectivity index (χ0v) is 18.1. The Morgan fingerprint density at radius 2 is 1.47 bits per heavy atom. The lowest BCUT2D eigenvalue weighted by Crippen LogP contribution is -2.44. The summed E-state index contributed by atoms with van der Waals surface area (Å²) in [4.78, 5) is 24.0. The van der Waals surface area contributed by atoms with Gasteiger partial charge in [0.05, 0.1) is 20.3 Å². The van der Waals surface area contributed by atoms with E-state index in [4.69, 9.17) is 14.2 Å². The summed E-state index contributed by atoms with van der Waals surface area (Å²) in [6.07, 6.45) is 1.15. The molecule has 0 fully saturated rings. The number of benzene rings is 2. The van der Waals surface area contributed by atoms with Crippen molar-refractivity contribution in [1.82, 2.24) is 5.32 Å². The topological polar surface area (TPSA) is 73.9 Å². The van der Waals surface area contributed by atoms with E-state index in [1.54, 1.807) is 13.8 Å². The molecule has 0 aliphatic carbocycles. The van der Waals surface area contributed by atoms with Gasteiger partial charge >= 0.3 is 5.97 Å². The summed E-state index contributed by atoms with van der Waals surface area (Å²) >= 11 is 0. The zero-order valence-electron chi connectivity index (χ0n) is 18.1. The van der Waals surface area contributed by atoms with Gasteiger partial charge in [0.15, 0.2) is 0 Å². The van der Waals surface area contributed by atoms with Crippen LogP contribution in [0.5, 0.6) is 11.5 Å². The second-order valence-corrected chi connectivity index (χ2v) is 7.26. The molecule has 0 radical (unpaired) electrons. The van der Waals surface area contributed by atoms with Crippen molar-refractivity contribution in [2.75, 3.05) is 20.3 Å². The van der Waals surface area contributed by atoms with Gasteiger partial charge in [-0.25, -0.2) is 4.79 Å². The molecule has 6 heteroatoms. The summed E-state index contributed by atoms with van der Waals surface area (Å²) in [5.41, 5.74) is 2.09. The number of rotatable bonds is 11. The predicted octanol–water partition coefficient (Wildman–Crippen LogP) is 3.56. The van der Waals surface area contributed by atoms with Gasteiger partial charge in [-0.3, -0.25) is 4.79 Å². The van der Waals surface area contributed by atoms with Crippen LogP contribution in [0.2, 0.25) is 0 Å². The SMILES string of the molecule is CCOc1ccc(CCOc2ccc(C[C@H](NC(=O)C(C)C)C(=O)OC)cc2)cc1. The minimum Gasteiger partial charge on any atom is -0.494 e. The van der Waals surface area contributed by atoms with E-state index in [0.717, 1.165) is 23.5 Å². The summed E-state index contributed by atoms with van der Waals surface area (Å²) < 4.78 is 16.1. The van der Waals surface area contributed by atoms with Crippen LogP contribution in [-0.2, 0) is 27.2 Å². The van der Waals surface area contributed by atoms with Gasteiger partial charge in [-0.1, -0.05) is 38.1 Å². The van der Waals surface area contributed by atoms with E-state index in [1.807, 2.05) is 55.5 Å². The number of methoxy groups -OCH3 is 1. The van der Waals surface area contributed by atoms with Gasteiger partial charge in [-0.05, 0) is 42.3 Å². The van der Waals surface area contributed by atoms with E-state index in [-0.39, 0.29) is 11.8 Å². The molecule has 162 valence electrons. The Morgan fingerprint density at radius 1 is 0.900 bits per heavy atom. The average Bonchev–Trinajstić information content (AvgIpc) is 2.75. The molecule has 1 atom stereocenters. The first-order chi connectivity index (χ1) is 14.4. The van der Waals surface area contributed by atoms with Crippen molar-refractivity contribution in [2.45, 2.75) is 39.7 Å². The Hall–Kier alpha value is -3.02. The lowest BCUT2D eigenvalue weighted by atomic mass is 10.0. The summed E-state index contributed by atoms with van der Waals surface area (Å²) in [6.45, 7) is 6.74. The maximum absolute atomic E-state index is 12.0. The summed E-state index contributed by atoms with van der Waals surface area (Å²) in [5.74, 6) is 0.778. The van der Waals surface area contributed by atoms with Crippen LogP contribution in [0.3, 0.4) is 0 Å². The quantitative estimate of drug-likeness (QED) is 0.570. The first-order valence-electron chi connectivity index (χ1n) is 10.2. The van der Waals surface area contributed by atoms with E-state index < -0.39 is 12.0 Å². The lowest BCUT2D eigenvalue weighted by molar-refractivity contribution is -0.145. The fourth-order valence-corrected chi connectivity index (χ4v) is 2.84. The maximum Gasteiger partial charge on any atom is 0.328 e. The molecule has 0 unspecified atom stereocenters. The first-order valence-corrected chi connectivity index (χ1v) is 10.2. The zero-order chi connectivity index (χ0) is 21.9. The molecular weight excluding hydrogens is 382 g/mol. The van der Waals surface area contributed by atoms with Gasteiger partial charge in [-0.15, -0.1) is 0 Å². The number of amides is 1. The van der Waals surface area contributed by atoms with Gasteiger partial charge in [0.1, 0.15) is 17.5 Å². The highest BCUT2D eigenvalue weighted by Crippen LogP contribution is 2.16. The van der Waals surface area contributed by atoms with Crippen molar-refractivity contribution in [3.63, 3.8) is 0 Å². The Kier molecular flexibility index (Phi) is 9.19. The van der Waals surface area contributed by atoms with Crippen LogP contribution in [0.1, 0.15) is 31.9 Å². The number of carbonyl (C=O) groups is 2. The van der Waals surface area contributed by atoms with Crippen molar-refractivity contribution in [2.24, 2.45) is 5.92 Å². The molecule has 0 heterocycles. The highest BCUT2D eigenvalue weighted by molar-refractivity contribution is 5.85. The molecule has 0 aromatic heterocycles. The number of nitrogens with one attached hydrogen (secondary N) is 1. The average molecular weight is 414 g/mol. The molecule has 0 saturated carbocycles. The molecule has 0 saturated heterocycles. The van der Waals surface area contributed by atoms with Crippen LogP contribution in [-0.4, -0.2) is 38.2 Å². The van der Waals surface area contributed by atoms with E-state index in [1.165, 1.54) is 12.7 Å². The maximum atomic E-state index is 12.0. The van der Waals surface area contributed by atoms with Crippen LogP contribution < -0.4 is 14.8 Å². The summed E-state index contributed by atoms with van der Waals surface area (Å²) in [5, 5.41) is 2.74. The third-order valence-corrected chi connectivity index (χ3v) is 4.58. The third kappa shape index (κ3) is 7.43. The molecule has 6 nitrogen and oxygen atoms in total. The Labute approximate surface area is 178 Å². The standard InChI is InChI=1S/C24H31NO5/c1-5-29-20-10-6-18(7-11-20)14-15-30-21-12-8-19(9-13-21)16-22(24(27)28-4)25-23(26)17(2)3/h6-13,17,22H,5,14-16H2,1-4H3,(H,25,26)/t22-/m0/s1. The minimum absolute atomic E-state index is 0.181. The van der Waals surface area contributed by atoms with Crippen LogP contribution >= 0.6 is 0 Å². The highest BCUT2D eigenvalue weighted by Gasteiger charge is 2.23. The number of hydrogen-bond acceptors (Lipinski definition) is 5. The molecule has 0 aliphatic rings. The van der Waals surface area contributed by atoms with Crippen molar-refractivity contribution >= 4 is 11.9 Å². The van der Waals surface area contributed by atoms with Crippen molar-refractivity contribution in [1.29, 1.82) is 0 Å². The van der Waals surface area contributed by atoms with E-state index in [0.29, 0.717) is 19.6 Å². The molecule has 0 aliphatic heterocycles. The molecule has 1 amide bonds. The van der Waals surface area contributed by atoms with Gasteiger partial charge in [-0.2, -0.15) is 0 Å². The smallest absolute Gasteiger partial charge is 0.328 e. The number of esters is 1. The van der Waals surface area contributed by atoms with Gasteiger partial charge in [0.2, 0.25) is 5.91 Å². The van der Waals surface area contributed by atoms with Gasteiger partial charge in [0.25, 0.3) is 0 Å². The molecule has 0 spiro atoms. The van der Waals surface area contributed by atoms with Crippen LogP contribution in [0, 0.1) is 5.92 Å². The van der Waals surface area contributed by atoms with Crippen LogP contribution in [0.4, 0.5) is 0 Å². The monoisotopic (exact) mass is 413 g/mol. The fourth-order valence-electron chi connectivity index (χ4n) is 2.84. The fraction of sp³-hybridized carbons (Fsp3) is 0.417. The largest absolute Gasteiger partial charge is 0.494 e. The minimum atomic E-state index is -0.712. The first kappa shape index (κ1) is 23.3. The second kappa shape index (κ2) is 11.9. The Morgan fingerprint density at radius 3 is 2.00 bits per heavy atom. The van der Waals surface area contributed by atoms with E-state index >= 15 is 0 Å². The molecular formula is C24H31NO5. The summed E-state index contributed by atoms with van der Waals surface area (Å²) in [7, 11) is 1.32. The van der Waals surface area contributed by atoms with Gasteiger partial charge in [0, 0.05) is 18.8 Å². The molecule has 1 N–H and O–H groups in total. The van der Waals surface area contributed by atoms with Crippen LogP contribution in [0.15, 0.2) is 48.5 Å². The molecule has 0 bridgehead atoms. The van der Waals surface area contributed by atoms with Gasteiger partial charge < -0.3 is 19.5 Å². The van der Waals surface area contributed by atoms with E-state index in [9.17, 15) is 9.59 Å². The Bertz CT molecular complexity index is 799. The number of hydrogen-bond donors (Lipinski definition) is 1. The third-order valence-electron chi connectivity index (χ3n) is 4.58. The predicted molar refractivity (Wildman–Crippen MR) is 116 cm³/mol. The molecule has 30 heavy (non-hydrogen) atoms. The number of carbonyl (C=O) groups excluding carboxylic acids is 2. The van der Waals surface area contributed by atoms with Crippen LogP contribution in [0.25, 0.3) is 0 Å². The van der Waals surface area contributed by atoms with Crippen molar-refractivity contribution in [3.8, 4) is 11.5 Å². The molecule has 2 aromatic carbocycles. The molecule has 2 rings (SSSR count). The normalized spacial score (nSPS) is 11.6. The summed E-state index contributed by atoms with van der Waals surface area (Å²) in [6, 6.07) is 14.8.